The monoisotopic (exact) mass is 395 g/mol. The molecule has 0 aliphatic heterocycles. The van der Waals surface area contributed by atoms with Gasteiger partial charge in [0.05, 0.1) is 11.4 Å². The number of anilines is 2. The van der Waals surface area contributed by atoms with Crippen LogP contribution >= 0.6 is 11.8 Å². The van der Waals surface area contributed by atoms with Gasteiger partial charge in [-0.1, -0.05) is 43.0 Å². The van der Waals surface area contributed by atoms with Crippen molar-refractivity contribution in [1.29, 1.82) is 0 Å². The van der Waals surface area contributed by atoms with Gasteiger partial charge in [0.25, 0.3) is 0 Å². The zero-order valence-electron chi connectivity index (χ0n) is 15.7. The van der Waals surface area contributed by atoms with Gasteiger partial charge in [-0.05, 0) is 36.2 Å². The minimum absolute atomic E-state index is 0.104. The van der Waals surface area contributed by atoms with E-state index in [0.29, 0.717) is 10.8 Å². The smallest absolute Gasteiger partial charge is 0.234 e. The molecule has 3 rings (SSSR count). The molecule has 0 atom stereocenters. The third-order valence-corrected chi connectivity index (χ3v) is 4.91. The van der Waals surface area contributed by atoms with Crippen LogP contribution in [0.15, 0.2) is 60.0 Å². The summed E-state index contributed by atoms with van der Waals surface area (Å²) in [6.07, 6.45) is 2.43. The number of thioether (sulfide) groups is 1. The van der Waals surface area contributed by atoms with Gasteiger partial charge in [0.2, 0.25) is 11.8 Å². The Morgan fingerprint density at radius 3 is 2.71 bits per heavy atom. The van der Waals surface area contributed by atoms with Crippen molar-refractivity contribution >= 4 is 35.0 Å². The molecule has 0 unspecified atom stereocenters. The highest BCUT2D eigenvalue weighted by atomic mass is 32.2. The fraction of sp³-hybridized carbons (Fsp3) is 0.200. The molecule has 0 saturated carbocycles. The SMILES string of the molecule is CCc1ccccc1NC(=O)CSc1nncn1-c1cccc(NC(C)=O)c1. The molecule has 0 aliphatic carbocycles. The molecule has 2 aromatic carbocycles. The number of carbonyl (C=O) groups is 2. The van der Waals surface area contributed by atoms with E-state index in [9.17, 15) is 9.59 Å². The normalized spacial score (nSPS) is 10.5. The van der Waals surface area contributed by atoms with Gasteiger partial charge in [0.15, 0.2) is 5.16 Å². The van der Waals surface area contributed by atoms with Gasteiger partial charge in [0, 0.05) is 18.3 Å². The molecular weight excluding hydrogens is 374 g/mol. The van der Waals surface area contributed by atoms with Crippen molar-refractivity contribution in [3.63, 3.8) is 0 Å². The van der Waals surface area contributed by atoms with E-state index in [2.05, 4.69) is 27.8 Å². The lowest BCUT2D eigenvalue weighted by Gasteiger charge is -2.10. The zero-order valence-corrected chi connectivity index (χ0v) is 16.5. The molecule has 2 amide bonds. The molecule has 0 spiro atoms. The summed E-state index contributed by atoms with van der Waals surface area (Å²) in [7, 11) is 0. The predicted molar refractivity (Wildman–Crippen MR) is 111 cm³/mol. The summed E-state index contributed by atoms with van der Waals surface area (Å²) in [5.74, 6) is -0.0331. The summed E-state index contributed by atoms with van der Waals surface area (Å²) in [4.78, 5) is 23.6. The van der Waals surface area contributed by atoms with Crippen molar-refractivity contribution in [2.24, 2.45) is 0 Å². The van der Waals surface area contributed by atoms with Crippen molar-refractivity contribution in [1.82, 2.24) is 14.8 Å². The van der Waals surface area contributed by atoms with Gasteiger partial charge in [-0.2, -0.15) is 0 Å². The molecule has 0 saturated heterocycles. The van der Waals surface area contributed by atoms with Crippen LogP contribution in [0.1, 0.15) is 19.4 Å². The maximum atomic E-state index is 12.4. The number of carbonyl (C=O) groups excluding carboxylic acids is 2. The Morgan fingerprint density at radius 1 is 1.11 bits per heavy atom. The maximum Gasteiger partial charge on any atom is 0.234 e. The molecule has 8 heteroatoms. The van der Waals surface area contributed by atoms with E-state index in [1.165, 1.54) is 18.7 Å². The highest BCUT2D eigenvalue weighted by Gasteiger charge is 2.12. The summed E-state index contributed by atoms with van der Waals surface area (Å²) in [6.45, 7) is 3.51. The molecule has 2 N–H and O–H groups in total. The lowest BCUT2D eigenvalue weighted by atomic mass is 10.1. The molecule has 0 radical (unpaired) electrons. The summed E-state index contributed by atoms with van der Waals surface area (Å²) < 4.78 is 1.78. The third-order valence-electron chi connectivity index (χ3n) is 3.97. The third kappa shape index (κ3) is 4.98. The maximum absolute atomic E-state index is 12.4. The van der Waals surface area contributed by atoms with E-state index < -0.39 is 0 Å². The Hall–Kier alpha value is -3.13. The topological polar surface area (TPSA) is 88.9 Å². The van der Waals surface area contributed by atoms with Crippen molar-refractivity contribution < 1.29 is 9.59 Å². The summed E-state index contributed by atoms with van der Waals surface area (Å²) >= 11 is 1.30. The average molecular weight is 395 g/mol. The molecule has 0 bridgehead atoms. The number of nitrogens with one attached hydrogen (secondary N) is 2. The van der Waals surface area contributed by atoms with Gasteiger partial charge in [0.1, 0.15) is 6.33 Å². The van der Waals surface area contributed by atoms with Gasteiger partial charge in [-0.15, -0.1) is 10.2 Å². The first kappa shape index (κ1) is 19.6. The van der Waals surface area contributed by atoms with E-state index >= 15 is 0 Å². The predicted octanol–water partition coefficient (Wildman–Crippen LogP) is 3.52. The molecular formula is C20H21N5O2S. The molecule has 7 nitrogen and oxygen atoms in total. The van der Waals surface area contributed by atoms with Gasteiger partial charge >= 0.3 is 0 Å². The second kappa shape index (κ2) is 9.18. The number of benzene rings is 2. The van der Waals surface area contributed by atoms with Crippen LogP contribution in [0.25, 0.3) is 5.69 Å². The van der Waals surface area contributed by atoms with Crippen LogP contribution in [0.4, 0.5) is 11.4 Å². The minimum Gasteiger partial charge on any atom is -0.326 e. The van der Waals surface area contributed by atoms with Crippen LogP contribution in [0.5, 0.6) is 0 Å². The number of hydrogen-bond donors (Lipinski definition) is 2. The largest absolute Gasteiger partial charge is 0.326 e. The van der Waals surface area contributed by atoms with E-state index in [0.717, 1.165) is 23.4 Å². The highest BCUT2D eigenvalue weighted by Crippen LogP contribution is 2.22. The summed E-state index contributed by atoms with van der Waals surface area (Å²) in [6, 6.07) is 15.1. The fourth-order valence-corrected chi connectivity index (χ4v) is 3.43. The quantitative estimate of drug-likeness (QED) is 0.598. The van der Waals surface area contributed by atoms with E-state index in [-0.39, 0.29) is 17.6 Å². The Morgan fingerprint density at radius 2 is 1.93 bits per heavy atom. The molecule has 0 aliphatic rings. The van der Waals surface area contributed by atoms with E-state index in [1.807, 2.05) is 42.5 Å². The molecule has 28 heavy (non-hydrogen) atoms. The Balaban J connectivity index is 1.68. The van der Waals surface area contributed by atoms with E-state index in [1.54, 1.807) is 17.0 Å². The van der Waals surface area contributed by atoms with Crippen LogP contribution in [-0.2, 0) is 16.0 Å². The molecule has 3 aromatic rings. The first-order valence-corrected chi connectivity index (χ1v) is 9.84. The molecule has 0 fully saturated rings. The van der Waals surface area contributed by atoms with Crippen molar-refractivity contribution in [2.45, 2.75) is 25.4 Å². The number of nitrogens with zero attached hydrogens (tertiary/aromatic N) is 3. The van der Waals surface area contributed by atoms with Crippen LogP contribution in [-0.4, -0.2) is 32.3 Å². The van der Waals surface area contributed by atoms with Crippen LogP contribution in [0.3, 0.4) is 0 Å². The van der Waals surface area contributed by atoms with Crippen molar-refractivity contribution in [2.75, 3.05) is 16.4 Å². The molecule has 144 valence electrons. The Labute approximate surface area is 167 Å². The second-order valence-electron chi connectivity index (χ2n) is 6.06. The lowest BCUT2D eigenvalue weighted by Crippen LogP contribution is -2.15. The molecule has 1 aromatic heterocycles. The first-order chi connectivity index (χ1) is 13.6. The summed E-state index contributed by atoms with van der Waals surface area (Å²) in [5.41, 5.74) is 3.41. The van der Waals surface area contributed by atoms with Gasteiger partial charge in [-0.25, -0.2) is 0 Å². The summed E-state index contributed by atoms with van der Waals surface area (Å²) in [5, 5.41) is 14.4. The van der Waals surface area contributed by atoms with Crippen LogP contribution in [0, 0.1) is 0 Å². The first-order valence-electron chi connectivity index (χ1n) is 8.85. The average Bonchev–Trinajstić information content (AvgIpc) is 3.15. The Kier molecular flexibility index (Phi) is 6.44. The standard InChI is InChI=1S/C20H21N5O2S/c1-3-15-7-4-5-10-18(15)23-19(27)12-28-20-24-21-13-25(20)17-9-6-8-16(11-17)22-14(2)26/h4-11,13H,3,12H2,1-2H3,(H,22,26)(H,23,27). The number of para-hydroxylation sites is 1. The van der Waals surface area contributed by atoms with Crippen LogP contribution < -0.4 is 10.6 Å². The number of rotatable bonds is 7. The number of aromatic nitrogens is 3. The molecule has 1 heterocycles. The van der Waals surface area contributed by atoms with Crippen molar-refractivity contribution in [3.8, 4) is 5.69 Å². The second-order valence-corrected chi connectivity index (χ2v) is 7.01. The van der Waals surface area contributed by atoms with Crippen LogP contribution in [0.2, 0.25) is 0 Å². The Bertz CT molecular complexity index is 986. The van der Waals surface area contributed by atoms with Crippen molar-refractivity contribution in [3.05, 3.63) is 60.4 Å². The van der Waals surface area contributed by atoms with Gasteiger partial charge in [-0.3, -0.25) is 14.2 Å². The number of hydrogen-bond acceptors (Lipinski definition) is 5. The zero-order chi connectivity index (χ0) is 19.9. The highest BCUT2D eigenvalue weighted by molar-refractivity contribution is 7.99. The minimum atomic E-state index is -0.139. The van der Waals surface area contributed by atoms with Gasteiger partial charge < -0.3 is 10.6 Å². The fourth-order valence-electron chi connectivity index (χ4n) is 2.70. The van der Waals surface area contributed by atoms with E-state index in [4.69, 9.17) is 0 Å². The lowest BCUT2D eigenvalue weighted by molar-refractivity contribution is -0.114. The number of amides is 2. The number of aryl methyl sites for hydroxylation is 1.